The quantitative estimate of drug-likeness (QED) is 0.261. The fraction of sp³-hybridized carbons (Fsp3) is 0.571. The Morgan fingerprint density at radius 3 is 2.09 bits per heavy atom. The van der Waals surface area contributed by atoms with Crippen LogP contribution in [0.5, 0.6) is 0 Å². The van der Waals surface area contributed by atoms with Crippen LogP contribution in [0.25, 0.3) is 0 Å². The van der Waals surface area contributed by atoms with E-state index < -0.39 is 124 Å². The van der Waals surface area contributed by atoms with Crippen LogP contribution in [0.3, 0.4) is 0 Å². The second-order valence-corrected chi connectivity index (χ2v) is 16.5. The lowest BCUT2D eigenvalue weighted by atomic mass is 9.42. The Kier molecular flexibility index (Phi) is 10.1. The number of Topliss-reactive ketones (excluding diaryl/α,β-unsaturated/α-hetero) is 1. The van der Waals surface area contributed by atoms with E-state index in [1.165, 1.54) is 32.3 Å². The summed E-state index contributed by atoms with van der Waals surface area (Å²) >= 11 is 0. The van der Waals surface area contributed by atoms with Crippen molar-refractivity contribution >= 4 is 41.6 Å². The highest BCUT2D eigenvalue weighted by Gasteiger charge is 2.87. The Bertz CT molecular complexity index is 1990. The molecule has 5 fully saturated rings. The van der Waals surface area contributed by atoms with Crippen LogP contribution in [0.2, 0.25) is 0 Å². The van der Waals surface area contributed by atoms with Crippen molar-refractivity contribution in [2.24, 2.45) is 35.0 Å². The second-order valence-electron chi connectivity index (χ2n) is 16.5. The molecule has 2 bridgehead atoms. The first-order valence-electron chi connectivity index (χ1n) is 19.2. The first-order chi connectivity index (χ1) is 26.9. The van der Waals surface area contributed by atoms with Crippen LogP contribution in [0.15, 0.2) is 54.9 Å². The van der Waals surface area contributed by atoms with Gasteiger partial charge in [0.05, 0.1) is 29.1 Å². The van der Waals surface area contributed by atoms with Crippen LogP contribution < -0.4 is 0 Å². The molecule has 7 rings (SSSR count). The van der Waals surface area contributed by atoms with Gasteiger partial charge in [0.2, 0.25) is 0 Å². The highest BCUT2D eigenvalue weighted by molar-refractivity contribution is 5.97. The molecule has 2 aromatic rings. The summed E-state index contributed by atoms with van der Waals surface area (Å²) in [4.78, 5) is 101. The maximum absolute atomic E-state index is 15.8. The molecule has 1 aromatic carbocycles. The van der Waals surface area contributed by atoms with Crippen molar-refractivity contribution in [1.29, 1.82) is 0 Å². The van der Waals surface area contributed by atoms with Crippen LogP contribution in [0, 0.1) is 35.0 Å². The van der Waals surface area contributed by atoms with E-state index in [1.807, 2.05) is 0 Å². The maximum atomic E-state index is 15.8. The number of aromatic nitrogens is 1. The molecule has 1 saturated heterocycles. The zero-order valence-corrected chi connectivity index (χ0v) is 32.9. The van der Waals surface area contributed by atoms with Crippen molar-refractivity contribution in [1.82, 2.24) is 4.98 Å². The summed E-state index contributed by atoms with van der Waals surface area (Å²) in [6.45, 7) is 9.84. The second kappa shape index (κ2) is 14.3. The fourth-order valence-corrected chi connectivity index (χ4v) is 11.2. The van der Waals surface area contributed by atoms with Gasteiger partial charge in [0, 0.05) is 57.3 Å². The zero-order valence-electron chi connectivity index (χ0n) is 32.9. The van der Waals surface area contributed by atoms with E-state index in [1.54, 1.807) is 64.1 Å². The largest absolute Gasteiger partial charge is 0.461 e. The summed E-state index contributed by atoms with van der Waals surface area (Å²) in [7, 11) is 0. The Morgan fingerprint density at radius 1 is 0.807 bits per heavy atom. The minimum Gasteiger partial charge on any atom is -0.461 e. The topological polar surface area (TPSA) is 197 Å². The summed E-state index contributed by atoms with van der Waals surface area (Å²) in [5, 5.41) is 0. The van der Waals surface area contributed by atoms with Gasteiger partial charge in [-0.15, -0.1) is 0 Å². The number of hydrogen-bond acceptors (Lipinski definition) is 15. The van der Waals surface area contributed by atoms with Gasteiger partial charge >= 0.3 is 35.8 Å². The lowest BCUT2D eigenvalue weighted by Crippen LogP contribution is -2.75. The molecule has 0 amide bonds. The van der Waals surface area contributed by atoms with Crippen molar-refractivity contribution in [3.05, 3.63) is 66.0 Å². The van der Waals surface area contributed by atoms with Gasteiger partial charge in [-0.05, 0) is 56.9 Å². The van der Waals surface area contributed by atoms with E-state index in [0.29, 0.717) is 0 Å². The van der Waals surface area contributed by atoms with Gasteiger partial charge in [0.25, 0.3) is 0 Å². The van der Waals surface area contributed by atoms with Crippen LogP contribution >= 0.6 is 0 Å². The van der Waals surface area contributed by atoms with Crippen molar-refractivity contribution in [3.63, 3.8) is 0 Å². The fourth-order valence-electron chi connectivity index (χ4n) is 11.2. The van der Waals surface area contributed by atoms with Crippen LogP contribution in [0.1, 0.15) is 88.4 Å². The predicted molar refractivity (Wildman–Crippen MR) is 194 cm³/mol. The van der Waals surface area contributed by atoms with Crippen LogP contribution in [-0.2, 0) is 57.1 Å². The third-order valence-electron chi connectivity index (χ3n) is 12.9. The number of rotatable bonds is 9. The third-order valence-corrected chi connectivity index (χ3v) is 12.9. The number of nitrogens with zero attached hydrogens (tertiary/aromatic N) is 1. The van der Waals surface area contributed by atoms with Crippen molar-refractivity contribution in [2.75, 3.05) is 6.61 Å². The molecule has 0 spiro atoms. The zero-order chi connectivity index (χ0) is 41.2. The monoisotopic (exact) mass is 789 g/mol. The molecule has 304 valence electrons. The van der Waals surface area contributed by atoms with Crippen molar-refractivity contribution in [3.8, 4) is 0 Å². The molecule has 15 heteroatoms. The molecule has 1 aromatic heterocycles. The number of benzene rings is 1. The van der Waals surface area contributed by atoms with Gasteiger partial charge in [0.15, 0.2) is 23.6 Å². The Morgan fingerprint density at radius 2 is 1.47 bits per heavy atom. The number of fused-ring (bicyclic) bond motifs is 2. The van der Waals surface area contributed by atoms with Crippen LogP contribution in [0.4, 0.5) is 0 Å². The van der Waals surface area contributed by atoms with E-state index in [-0.39, 0.29) is 30.4 Å². The molecule has 0 radical (unpaired) electrons. The summed E-state index contributed by atoms with van der Waals surface area (Å²) in [5.41, 5.74) is -6.70. The SMILES string of the molecule is CCC(=O)O[C@@H]1[C@@H]2[C@@H](OC(C)=O)[C@@]34CO[C@@](C)([C@H](OC(=O)c5cccnc5)[C@@]2(OC(C)=O)C[C@@H]1C)[C@@H]3[C@@H]1[C@@H](C[C@]1(C)OC(C)=O)[C@@H](OC(=O)c1ccccc1)C4=O. The van der Waals surface area contributed by atoms with Gasteiger partial charge in [-0.2, -0.15) is 0 Å². The highest BCUT2D eigenvalue weighted by Crippen LogP contribution is 2.73. The summed E-state index contributed by atoms with van der Waals surface area (Å²) in [5.74, 6) is -9.80. The number of carbonyl (C=O) groups excluding carboxylic acids is 7. The molecule has 13 atom stereocenters. The number of hydrogen-bond donors (Lipinski definition) is 0. The minimum absolute atomic E-state index is 0.0380. The smallest absolute Gasteiger partial charge is 0.340 e. The molecule has 57 heavy (non-hydrogen) atoms. The minimum atomic E-state index is -1.95. The standard InChI is InChI=1S/C42H47NO14/c1-8-28(47)53-31-21(2)17-42(57-24(5)46)30(31)35(52-22(3)44)41-20-51-40(7,38(42)55-37(50)26-15-12-16-43-19-26)33(41)29-27(18-39(29,6)56-23(4)45)32(34(41)48)54-36(49)25-13-10-9-11-14-25/h9-16,19,21,27,29-33,35,38H,8,17-18,20H2,1-7H3/t21-,27+,29-,30+,31-,32+,33-,35+,38-,39-,40+,41-,42+/m0/s1. The number of pyridine rings is 1. The van der Waals surface area contributed by atoms with Gasteiger partial charge in [-0.25, -0.2) is 9.59 Å². The van der Waals surface area contributed by atoms with E-state index >= 15 is 4.79 Å². The predicted octanol–water partition coefficient (Wildman–Crippen LogP) is 3.99. The van der Waals surface area contributed by atoms with Crippen LogP contribution in [-0.4, -0.2) is 94.4 Å². The average molecular weight is 790 g/mol. The third kappa shape index (κ3) is 6.20. The van der Waals surface area contributed by atoms with E-state index in [2.05, 4.69) is 4.98 Å². The molecular weight excluding hydrogens is 742 g/mol. The van der Waals surface area contributed by atoms with E-state index in [4.69, 9.17) is 33.2 Å². The molecule has 5 aliphatic rings. The number of ether oxygens (including phenoxy) is 7. The molecule has 15 nitrogen and oxygen atoms in total. The van der Waals surface area contributed by atoms with Crippen molar-refractivity contribution < 1.29 is 66.7 Å². The van der Waals surface area contributed by atoms with Gasteiger partial charge < -0.3 is 33.2 Å². The van der Waals surface area contributed by atoms with E-state index in [0.717, 1.165) is 6.92 Å². The molecule has 1 aliphatic heterocycles. The number of ketones is 1. The molecule has 0 unspecified atom stereocenters. The maximum Gasteiger partial charge on any atom is 0.340 e. The number of esters is 6. The highest BCUT2D eigenvalue weighted by atomic mass is 16.6. The Balaban J connectivity index is 1.52. The first-order valence-corrected chi connectivity index (χ1v) is 19.2. The Labute approximate surface area is 329 Å². The number of carbonyl (C=O) groups is 7. The van der Waals surface area contributed by atoms with Gasteiger partial charge in [0.1, 0.15) is 23.4 Å². The van der Waals surface area contributed by atoms with Crippen molar-refractivity contribution in [2.45, 2.75) is 109 Å². The molecule has 4 aliphatic carbocycles. The molecule has 2 heterocycles. The lowest BCUT2D eigenvalue weighted by Gasteiger charge is -2.64. The Hall–Kier alpha value is -5.18. The summed E-state index contributed by atoms with van der Waals surface area (Å²) in [6.07, 6.45) is -2.99. The lowest BCUT2D eigenvalue weighted by molar-refractivity contribution is -0.256. The normalized spacial score (nSPS) is 38.4. The van der Waals surface area contributed by atoms with E-state index in [9.17, 15) is 28.8 Å². The molecule has 4 saturated carbocycles. The molecular formula is C42H47NO14. The van der Waals surface area contributed by atoms with Gasteiger partial charge in [-0.3, -0.25) is 29.0 Å². The average Bonchev–Trinajstić information content (AvgIpc) is 3.59. The summed E-state index contributed by atoms with van der Waals surface area (Å²) in [6, 6.07) is 11.1. The van der Waals surface area contributed by atoms with Gasteiger partial charge in [-0.1, -0.05) is 32.0 Å². The summed E-state index contributed by atoms with van der Waals surface area (Å²) < 4.78 is 44.3. The first kappa shape index (κ1) is 40.0. The molecule has 0 N–H and O–H groups in total.